The molecule has 29 heavy (non-hydrogen) atoms. The Kier molecular flexibility index (Phi) is 8.56. The van der Waals surface area contributed by atoms with Gasteiger partial charge in [-0.05, 0) is 48.7 Å². The van der Waals surface area contributed by atoms with Crippen molar-refractivity contribution in [2.24, 2.45) is 0 Å². The van der Waals surface area contributed by atoms with E-state index in [-0.39, 0.29) is 12.1 Å². The summed E-state index contributed by atoms with van der Waals surface area (Å²) in [5.41, 5.74) is 1.00. The first kappa shape index (κ1) is 21.8. The molecule has 152 valence electrons. The van der Waals surface area contributed by atoms with Gasteiger partial charge >= 0.3 is 5.97 Å². The first-order chi connectivity index (χ1) is 14.0. The third kappa shape index (κ3) is 7.96. The molecule has 0 spiro atoms. The molecule has 2 aromatic carbocycles. The van der Waals surface area contributed by atoms with Crippen molar-refractivity contribution < 1.29 is 23.9 Å². The molecule has 0 aliphatic carbocycles. The molecule has 0 atom stereocenters. The largest absolute Gasteiger partial charge is 0.481 e. The number of benzene rings is 2. The Morgan fingerprint density at radius 3 is 2.28 bits per heavy atom. The molecule has 0 saturated heterocycles. The average Bonchev–Trinajstić information content (AvgIpc) is 2.71. The van der Waals surface area contributed by atoms with E-state index >= 15 is 0 Å². The second-order valence-electron chi connectivity index (χ2n) is 6.39. The summed E-state index contributed by atoms with van der Waals surface area (Å²) in [5.74, 6) is -2.16. The third-order valence-electron chi connectivity index (χ3n) is 4.06. The zero-order valence-corrected chi connectivity index (χ0v) is 15.9. The van der Waals surface area contributed by atoms with Crippen LogP contribution in [0.5, 0.6) is 0 Å². The van der Waals surface area contributed by atoms with Crippen LogP contribution in [-0.4, -0.2) is 29.4 Å². The number of carboxylic acids is 1. The van der Waals surface area contributed by atoms with Gasteiger partial charge in [0.05, 0.1) is 0 Å². The molecule has 0 bridgehead atoms. The van der Waals surface area contributed by atoms with E-state index in [4.69, 9.17) is 5.11 Å². The predicted molar refractivity (Wildman–Crippen MR) is 107 cm³/mol. The number of aliphatic carboxylic acids is 1. The van der Waals surface area contributed by atoms with Gasteiger partial charge in [-0.15, -0.1) is 0 Å². The number of halogens is 1. The van der Waals surface area contributed by atoms with Gasteiger partial charge in [0.1, 0.15) is 11.5 Å². The number of rotatable bonds is 10. The van der Waals surface area contributed by atoms with Crippen LogP contribution in [0.4, 0.5) is 4.39 Å². The normalized spacial score (nSPS) is 11.0. The average molecular weight is 398 g/mol. The minimum Gasteiger partial charge on any atom is -0.481 e. The van der Waals surface area contributed by atoms with Crippen molar-refractivity contribution in [3.05, 3.63) is 77.2 Å². The van der Waals surface area contributed by atoms with Crippen LogP contribution >= 0.6 is 0 Å². The van der Waals surface area contributed by atoms with Gasteiger partial charge in [-0.25, -0.2) is 4.39 Å². The fourth-order valence-electron chi connectivity index (χ4n) is 2.54. The van der Waals surface area contributed by atoms with Crippen molar-refractivity contribution in [1.82, 2.24) is 10.6 Å². The second-order valence-corrected chi connectivity index (χ2v) is 6.39. The number of carbonyl (C=O) groups excluding carboxylic acids is 2. The summed E-state index contributed by atoms with van der Waals surface area (Å²) >= 11 is 0. The topological polar surface area (TPSA) is 95.5 Å². The maximum Gasteiger partial charge on any atom is 0.303 e. The lowest BCUT2D eigenvalue weighted by Gasteiger charge is -2.11. The van der Waals surface area contributed by atoms with Crippen molar-refractivity contribution in [2.75, 3.05) is 6.54 Å². The van der Waals surface area contributed by atoms with Crippen LogP contribution in [0.25, 0.3) is 6.08 Å². The standard InChI is InChI=1S/C22H23FN2O4/c23-18-12-10-16(11-13-18)15-19(25-21(28)17-7-3-1-4-8-17)22(29)24-14-6-2-5-9-20(26)27/h1,3-4,7-8,10-13,15H,2,5-6,9,14H2,(H,24,29)(H,25,28)(H,26,27). The van der Waals surface area contributed by atoms with Gasteiger partial charge in [-0.1, -0.05) is 36.8 Å². The number of unbranched alkanes of at least 4 members (excludes halogenated alkanes) is 2. The minimum atomic E-state index is -0.845. The maximum absolute atomic E-state index is 13.1. The van der Waals surface area contributed by atoms with Crippen molar-refractivity contribution >= 4 is 23.9 Å². The molecule has 6 nitrogen and oxygen atoms in total. The van der Waals surface area contributed by atoms with Crippen molar-refractivity contribution in [3.8, 4) is 0 Å². The molecule has 0 unspecified atom stereocenters. The molecule has 2 amide bonds. The molecule has 0 heterocycles. The van der Waals surface area contributed by atoms with Crippen molar-refractivity contribution in [1.29, 1.82) is 0 Å². The smallest absolute Gasteiger partial charge is 0.303 e. The Morgan fingerprint density at radius 2 is 1.62 bits per heavy atom. The molecule has 7 heteroatoms. The van der Waals surface area contributed by atoms with Crippen LogP contribution in [0.3, 0.4) is 0 Å². The molecule has 2 aromatic rings. The Labute approximate surface area is 168 Å². The molecule has 0 aliphatic heterocycles. The van der Waals surface area contributed by atoms with Gasteiger partial charge in [-0.3, -0.25) is 14.4 Å². The molecule has 0 aliphatic rings. The molecule has 0 radical (unpaired) electrons. The number of amides is 2. The van der Waals surface area contributed by atoms with Crippen LogP contribution in [0.2, 0.25) is 0 Å². The monoisotopic (exact) mass is 398 g/mol. The summed E-state index contributed by atoms with van der Waals surface area (Å²) in [7, 11) is 0. The fourth-order valence-corrected chi connectivity index (χ4v) is 2.54. The summed E-state index contributed by atoms with van der Waals surface area (Å²) in [5, 5.41) is 13.9. The van der Waals surface area contributed by atoms with Gasteiger partial charge < -0.3 is 15.7 Å². The van der Waals surface area contributed by atoms with Crippen LogP contribution in [0.1, 0.15) is 41.6 Å². The highest BCUT2D eigenvalue weighted by atomic mass is 19.1. The summed E-state index contributed by atoms with van der Waals surface area (Å²) < 4.78 is 13.1. The third-order valence-corrected chi connectivity index (χ3v) is 4.06. The van der Waals surface area contributed by atoms with Gasteiger partial charge in [0.25, 0.3) is 11.8 Å². The van der Waals surface area contributed by atoms with E-state index in [1.54, 1.807) is 30.3 Å². The molecule has 2 rings (SSSR count). The molecular weight excluding hydrogens is 375 g/mol. The highest BCUT2D eigenvalue weighted by Gasteiger charge is 2.14. The highest BCUT2D eigenvalue weighted by molar-refractivity contribution is 6.05. The van der Waals surface area contributed by atoms with Gasteiger partial charge in [0.2, 0.25) is 0 Å². The second kappa shape index (κ2) is 11.4. The zero-order chi connectivity index (χ0) is 21.1. The number of hydrogen-bond donors (Lipinski definition) is 3. The minimum absolute atomic E-state index is 0.0380. The Morgan fingerprint density at radius 1 is 0.931 bits per heavy atom. The summed E-state index contributed by atoms with van der Waals surface area (Å²) in [6.45, 7) is 0.348. The summed E-state index contributed by atoms with van der Waals surface area (Å²) in [4.78, 5) is 35.5. The first-order valence-electron chi connectivity index (χ1n) is 9.29. The van der Waals surface area contributed by atoms with E-state index in [0.717, 1.165) is 0 Å². The van der Waals surface area contributed by atoms with Crippen LogP contribution in [-0.2, 0) is 9.59 Å². The van der Waals surface area contributed by atoms with Crippen LogP contribution < -0.4 is 10.6 Å². The van der Waals surface area contributed by atoms with E-state index in [2.05, 4.69) is 10.6 Å². The van der Waals surface area contributed by atoms with Crippen LogP contribution in [0, 0.1) is 5.82 Å². The Bertz CT molecular complexity index is 864. The number of carboxylic acid groups (broad SMARTS) is 1. The first-order valence-corrected chi connectivity index (χ1v) is 9.29. The van der Waals surface area contributed by atoms with E-state index in [1.807, 2.05) is 0 Å². The van der Waals surface area contributed by atoms with Crippen molar-refractivity contribution in [2.45, 2.75) is 25.7 Å². The highest BCUT2D eigenvalue weighted by Crippen LogP contribution is 2.09. The lowest BCUT2D eigenvalue weighted by Crippen LogP contribution is -2.35. The molecular formula is C22H23FN2O4. The van der Waals surface area contributed by atoms with E-state index < -0.39 is 23.6 Å². The number of hydrogen-bond acceptors (Lipinski definition) is 3. The fraction of sp³-hybridized carbons (Fsp3) is 0.227. The van der Waals surface area contributed by atoms with Gasteiger partial charge in [0, 0.05) is 18.5 Å². The predicted octanol–water partition coefficient (Wildman–Crippen LogP) is 3.36. The SMILES string of the molecule is O=C(O)CCCCCNC(=O)C(=Cc1ccc(F)cc1)NC(=O)c1ccccc1. The maximum atomic E-state index is 13.1. The zero-order valence-electron chi connectivity index (χ0n) is 15.9. The Balaban J connectivity index is 2.03. The Hall–Kier alpha value is -3.48. The number of carbonyl (C=O) groups is 3. The van der Waals surface area contributed by atoms with E-state index in [1.165, 1.54) is 30.3 Å². The van der Waals surface area contributed by atoms with E-state index in [0.29, 0.717) is 36.9 Å². The quantitative estimate of drug-likeness (QED) is 0.422. The van der Waals surface area contributed by atoms with E-state index in [9.17, 15) is 18.8 Å². The lowest BCUT2D eigenvalue weighted by atomic mass is 10.1. The lowest BCUT2D eigenvalue weighted by molar-refractivity contribution is -0.137. The number of nitrogens with one attached hydrogen (secondary N) is 2. The summed E-state index contributed by atoms with van der Waals surface area (Å²) in [6, 6.07) is 14.0. The van der Waals surface area contributed by atoms with Crippen LogP contribution in [0.15, 0.2) is 60.3 Å². The molecule has 0 saturated carbocycles. The summed E-state index contributed by atoms with van der Waals surface area (Å²) in [6.07, 6.45) is 3.39. The van der Waals surface area contributed by atoms with Crippen molar-refractivity contribution in [3.63, 3.8) is 0 Å². The molecule has 0 fully saturated rings. The van der Waals surface area contributed by atoms with Gasteiger partial charge in [-0.2, -0.15) is 0 Å². The molecule has 0 aromatic heterocycles. The van der Waals surface area contributed by atoms with Gasteiger partial charge in [0.15, 0.2) is 0 Å². The molecule has 3 N–H and O–H groups in total.